The van der Waals surface area contributed by atoms with Gasteiger partial charge in [0.2, 0.25) is 15.2 Å². The molecule has 0 amide bonds. The van der Waals surface area contributed by atoms with Crippen molar-refractivity contribution in [3.05, 3.63) is 28.3 Å². The third kappa shape index (κ3) is 5.42. The van der Waals surface area contributed by atoms with E-state index in [2.05, 4.69) is 15.5 Å². The topological polar surface area (TPSA) is 128 Å². The van der Waals surface area contributed by atoms with Crippen LogP contribution in [0.4, 0.5) is 10.8 Å². The molecule has 29 heavy (non-hydrogen) atoms. The van der Waals surface area contributed by atoms with E-state index in [1.165, 1.54) is 27.8 Å². The Balaban J connectivity index is 1.95. The molecule has 0 unspecified atom stereocenters. The van der Waals surface area contributed by atoms with Gasteiger partial charge in [0.05, 0.1) is 18.1 Å². The van der Waals surface area contributed by atoms with E-state index >= 15 is 0 Å². The van der Waals surface area contributed by atoms with Gasteiger partial charge in [-0.05, 0) is 26.8 Å². The molecule has 1 aliphatic rings. The smallest absolute Gasteiger partial charge is 0.270 e. The van der Waals surface area contributed by atoms with Crippen LogP contribution >= 0.6 is 23.1 Å². The fraction of sp³-hybridized carbons (Fsp3) is 0.500. The molecule has 1 fully saturated rings. The van der Waals surface area contributed by atoms with E-state index in [0.29, 0.717) is 14.4 Å². The van der Waals surface area contributed by atoms with Crippen molar-refractivity contribution in [1.29, 1.82) is 0 Å². The summed E-state index contributed by atoms with van der Waals surface area (Å²) in [5.74, 6) is 0. The summed E-state index contributed by atoms with van der Waals surface area (Å²) >= 11 is 2.40. The van der Waals surface area contributed by atoms with E-state index in [1.807, 2.05) is 20.8 Å². The zero-order chi connectivity index (χ0) is 21.2. The molecule has 0 bridgehead atoms. The Morgan fingerprint density at radius 2 is 1.97 bits per heavy atom. The molecule has 10 nitrogen and oxygen atoms in total. The second-order valence-corrected chi connectivity index (χ2v) is 11.4. The van der Waals surface area contributed by atoms with E-state index in [1.54, 1.807) is 0 Å². The molecule has 1 saturated heterocycles. The Hall–Kier alpha value is -1.80. The molecule has 1 aromatic carbocycles. The normalized spacial score (nSPS) is 16.0. The van der Waals surface area contributed by atoms with Gasteiger partial charge in [-0.15, -0.1) is 10.2 Å². The standard InChI is InChI=1S/C16H21N5O5S3/c1-16(2,3)17-14-18-19-15(28-14)27-12-5-4-11(21(22)23)10-13(12)29(24,25)20-6-8-26-9-7-20/h4-5,10H,6-9H2,1-3H3,(H,17,18). The summed E-state index contributed by atoms with van der Waals surface area (Å²) in [5, 5.41) is 23.2. The molecule has 0 atom stereocenters. The molecule has 3 rings (SSSR count). The highest BCUT2D eigenvalue weighted by molar-refractivity contribution is 8.01. The number of rotatable bonds is 6. The van der Waals surface area contributed by atoms with Crippen LogP contribution in [0.1, 0.15) is 20.8 Å². The van der Waals surface area contributed by atoms with Gasteiger partial charge in [-0.2, -0.15) is 4.31 Å². The highest BCUT2D eigenvalue weighted by Gasteiger charge is 2.31. The maximum atomic E-state index is 13.2. The molecular weight excluding hydrogens is 438 g/mol. The average molecular weight is 460 g/mol. The van der Waals surface area contributed by atoms with E-state index in [9.17, 15) is 18.5 Å². The van der Waals surface area contributed by atoms with Crippen molar-refractivity contribution in [2.24, 2.45) is 0 Å². The second-order valence-electron chi connectivity index (χ2n) is 7.25. The number of ether oxygens (including phenoxy) is 1. The van der Waals surface area contributed by atoms with E-state index in [4.69, 9.17) is 4.74 Å². The number of morpholine rings is 1. The summed E-state index contributed by atoms with van der Waals surface area (Å²) in [4.78, 5) is 10.8. The van der Waals surface area contributed by atoms with Crippen LogP contribution in [0, 0.1) is 10.1 Å². The molecule has 2 heterocycles. The molecule has 0 spiro atoms. The zero-order valence-electron chi connectivity index (χ0n) is 16.1. The monoisotopic (exact) mass is 459 g/mol. The minimum absolute atomic E-state index is 0.112. The van der Waals surface area contributed by atoms with Gasteiger partial charge < -0.3 is 10.1 Å². The van der Waals surface area contributed by atoms with Crippen molar-refractivity contribution in [3.8, 4) is 0 Å². The number of aromatic nitrogens is 2. The number of benzene rings is 1. The molecule has 13 heteroatoms. The molecule has 1 aromatic heterocycles. The molecule has 0 saturated carbocycles. The number of hydrogen-bond acceptors (Lipinski definition) is 10. The lowest BCUT2D eigenvalue weighted by atomic mass is 10.1. The van der Waals surface area contributed by atoms with Gasteiger partial charge in [-0.25, -0.2) is 8.42 Å². The van der Waals surface area contributed by atoms with Gasteiger partial charge in [0.15, 0.2) is 4.34 Å². The summed E-state index contributed by atoms with van der Waals surface area (Å²) in [6, 6.07) is 3.83. The highest BCUT2D eigenvalue weighted by Crippen LogP contribution is 2.38. The predicted octanol–water partition coefficient (Wildman–Crippen LogP) is 2.83. The maximum Gasteiger partial charge on any atom is 0.270 e. The molecule has 158 valence electrons. The lowest BCUT2D eigenvalue weighted by Gasteiger charge is -2.26. The quantitative estimate of drug-likeness (QED) is 0.512. The van der Waals surface area contributed by atoms with Gasteiger partial charge in [-0.1, -0.05) is 23.1 Å². The first-order valence-corrected chi connectivity index (χ1v) is 11.8. The molecule has 1 aliphatic heterocycles. The van der Waals surface area contributed by atoms with E-state index in [0.717, 1.165) is 17.8 Å². The lowest BCUT2D eigenvalue weighted by Crippen LogP contribution is -2.40. The molecular formula is C16H21N5O5S3. The first-order valence-electron chi connectivity index (χ1n) is 8.72. The van der Waals surface area contributed by atoms with Crippen LogP contribution in [-0.4, -0.2) is 59.7 Å². The van der Waals surface area contributed by atoms with E-state index in [-0.39, 0.29) is 42.4 Å². The Morgan fingerprint density at radius 1 is 1.28 bits per heavy atom. The first kappa shape index (κ1) is 21.9. The second kappa shape index (κ2) is 8.52. The molecule has 0 radical (unpaired) electrons. The van der Waals surface area contributed by atoms with Crippen molar-refractivity contribution in [2.75, 3.05) is 31.6 Å². The van der Waals surface area contributed by atoms with Crippen molar-refractivity contribution in [1.82, 2.24) is 14.5 Å². The number of non-ortho nitro benzene ring substituents is 1. The van der Waals surface area contributed by atoms with Crippen LogP contribution in [0.25, 0.3) is 0 Å². The van der Waals surface area contributed by atoms with E-state index < -0.39 is 14.9 Å². The maximum absolute atomic E-state index is 13.2. The van der Waals surface area contributed by atoms with Crippen molar-refractivity contribution in [3.63, 3.8) is 0 Å². The Kier molecular flexibility index (Phi) is 6.43. The SMILES string of the molecule is CC(C)(C)Nc1nnc(Sc2ccc([N+](=O)[O-])cc2S(=O)(=O)N2CCOCC2)s1. The minimum Gasteiger partial charge on any atom is -0.379 e. The van der Waals surface area contributed by atoms with Crippen molar-refractivity contribution >= 4 is 43.9 Å². The van der Waals surface area contributed by atoms with Crippen LogP contribution in [0.2, 0.25) is 0 Å². The number of nitrogens with one attached hydrogen (secondary N) is 1. The molecule has 2 aromatic rings. The van der Waals surface area contributed by atoms with Gasteiger partial charge >= 0.3 is 0 Å². The minimum atomic E-state index is -3.92. The predicted molar refractivity (Wildman–Crippen MR) is 110 cm³/mol. The number of sulfonamides is 1. The summed E-state index contributed by atoms with van der Waals surface area (Å²) in [7, 11) is -3.92. The number of hydrogen-bond donors (Lipinski definition) is 1. The fourth-order valence-corrected chi connectivity index (χ4v) is 6.40. The zero-order valence-corrected chi connectivity index (χ0v) is 18.6. The third-order valence-electron chi connectivity index (χ3n) is 3.81. The van der Waals surface area contributed by atoms with Gasteiger partial charge in [0, 0.05) is 35.7 Å². The van der Waals surface area contributed by atoms with Crippen LogP contribution in [0.3, 0.4) is 0 Å². The number of nitro benzene ring substituents is 1. The van der Waals surface area contributed by atoms with Crippen molar-refractivity contribution in [2.45, 2.75) is 40.4 Å². The molecule has 0 aliphatic carbocycles. The lowest BCUT2D eigenvalue weighted by molar-refractivity contribution is -0.385. The summed E-state index contributed by atoms with van der Waals surface area (Å²) < 4.78 is 33.3. The molecule has 1 N–H and O–H groups in total. The van der Waals surface area contributed by atoms with Gasteiger partial charge in [0.25, 0.3) is 5.69 Å². The largest absolute Gasteiger partial charge is 0.379 e. The van der Waals surface area contributed by atoms with Crippen LogP contribution in [0.5, 0.6) is 0 Å². The first-order chi connectivity index (χ1) is 13.6. The summed E-state index contributed by atoms with van der Waals surface area (Å²) in [6.07, 6.45) is 0. The number of nitrogens with zero attached hydrogens (tertiary/aromatic N) is 4. The Bertz CT molecular complexity index is 997. The number of nitro groups is 1. The van der Waals surface area contributed by atoms with Gasteiger partial charge in [-0.3, -0.25) is 10.1 Å². The van der Waals surface area contributed by atoms with Crippen LogP contribution < -0.4 is 5.32 Å². The Morgan fingerprint density at radius 3 is 2.59 bits per heavy atom. The average Bonchev–Trinajstić information content (AvgIpc) is 3.07. The fourth-order valence-electron chi connectivity index (χ4n) is 2.54. The highest BCUT2D eigenvalue weighted by atomic mass is 32.2. The Labute approximate surface area is 176 Å². The summed E-state index contributed by atoms with van der Waals surface area (Å²) in [5.41, 5.74) is -0.479. The van der Waals surface area contributed by atoms with Gasteiger partial charge in [0.1, 0.15) is 4.90 Å². The van der Waals surface area contributed by atoms with Crippen LogP contribution in [0.15, 0.2) is 32.3 Å². The third-order valence-corrected chi connectivity index (χ3v) is 7.84. The summed E-state index contributed by atoms with van der Waals surface area (Å²) in [6.45, 7) is 6.95. The van der Waals surface area contributed by atoms with Crippen LogP contribution in [-0.2, 0) is 14.8 Å². The number of anilines is 1. The van der Waals surface area contributed by atoms with Crippen molar-refractivity contribution < 1.29 is 18.1 Å².